The third kappa shape index (κ3) is 3.00. The molecule has 0 aliphatic heterocycles. The zero-order valence-electron chi connectivity index (χ0n) is 10.1. The van der Waals surface area contributed by atoms with Crippen molar-refractivity contribution in [3.05, 3.63) is 23.9 Å². The van der Waals surface area contributed by atoms with E-state index in [0.717, 1.165) is 31.4 Å². The van der Waals surface area contributed by atoms with Crippen molar-refractivity contribution >= 4 is 5.82 Å². The Balaban J connectivity index is 3.00. The molecule has 1 rings (SSSR count). The van der Waals surface area contributed by atoms with E-state index in [2.05, 4.69) is 29.8 Å². The van der Waals surface area contributed by atoms with E-state index in [1.165, 1.54) is 0 Å². The first kappa shape index (κ1) is 13.1. The molecule has 0 aliphatic carbocycles. The van der Waals surface area contributed by atoms with E-state index in [0.29, 0.717) is 17.9 Å². The second kappa shape index (κ2) is 6.59. The summed E-state index contributed by atoms with van der Waals surface area (Å²) in [6.45, 7) is 6.23. The average molecular weight is 231 g/mol. The SMILES string of the molecule is C=CCn1nc(CCCCC)c(C#N)c1N=N. The molecule has 0 atom stereocenters. The van der Waals surface area contributed by atoms with Gasteiger partial charge in [-0.3, -0.25) is 0 Å². The molecule has 1 heterocycles. The van der Waals surface area contributed by atoms with Crippen molar-refractivity contribution in [1.29, 1.82) is 10.8 Å². The van der Waals surface area contributed by atoms with Crippen molar-refractivity contribution in [2.45, 2.75) is 39.2 Å². The van der Waals surface area contributed by atoms with Crippen molar-refractivity contribution in [2.75, 3.05) is 0 Å². The summed E-state index contributed by atoms with van der Waals surface area (Å²) in [5.74, 6) is 0.332. The van der Waals surface area contributed by atoms with Crippen LogP contribution in [0.5, 0.6) is 0 Å². The Labute approximate surface area is 101 Å². The first-order valence-electron chi connectivity index (χ1n) is 5.76. The van der Waals surface area contributed by atoms with Crippen LogP contribution in [0.15, 0.2) is 17.8 Å². The topological polar surface area (TPSA) is 77.8 Å². The van der Waals surface area contributed by atoms with Crippen molar-refractivity contribution in [3.8, 4) is 6.07 Å². The predicted octanol–water partition coefficient (Wildman–Crippen LogP) is 3.34. The largest absolute Gasteiger partial charge is 0.241 e. The minimum absolute atomic E-state index is 0.332. The summed E-state index contributed by atoms with van der Waals surface area (Å²) < 4.78 is 1.56. The number of allylic oxidation sites excluding steroid dienone is 1. The first-order valence-corrected chi connectivity index (χ1v) is 5.76. The molecule has 0 amide bonds. The molecule has 17 heavy (non-hydrogen) atoms. The zero-order chi connectivity index (χ0) is 12.7. The number of aromatic nitrogens is 2. The van der Waals surface area contributed by atoms with Crippen molar-refractivity contribution in [3.63, 3.8) is 0 Å². The van der Waals surface area contributed by atoms with Crippen LogP contribution in [0.4, 0.5) is 5.82 Å². The molecule has 1 N–H and O–H groups in total. The van der Waals surface area contributed by atoms with Gasteiger partial charge in [0.05, 0.1) is 12.2 Å². The van der Waals surface area contributed by atoms with Gasteiger partial charge in [0.2, 0.25) is 0 Å². The monoisotopic (exact) mass is 231 g/mol. The highest BCUT2D eigenvalue weighted by Gasteiger charge is 2.16. The number of rotatable bonds is 7. The second-order valence-corrected chi connectivity index (χ2v) is 3.80. The molecule has 0 aromatic carbocycles. The van der Waals surface area contributed by atoms with E-state index in [1.54, 1.807) is 10.8 Å². The predicted molar refractivity (Wildman–Crippen MR) is 65.2 cm³/mol. The minimum Gasteiger partial charge on any atom is -0.241 e. The molecule has 0 bridgehead atoms. The molecule has 0 radical (unpaired) electrons. The van der Waals surface area contributed by atoms with E-state index >= 15 is 0 Å². The lowest BCUT2D eigenvalue weighted by atomic mass is 10.1. The molecule has 0 saturated heterocycles. The Bertz CT molecular complexity index is 438. The summed E-state index contributed by atoms with van der Waals surface area (Å²) in [5.41, 5.74) is 8.29. The van der Waals surface area contributed by atoms with E-state index in [1.807, 2.05) is 0 Å². The first-order chi connectivity index (χ1) is 8.28. The standard InChI is InChI=1S/C12H17N5/c1-3-5-6-7-11-10(9-13)12(15-14)17(16-11)8-4-2/h4,14H,2-3,5-8H2,1H3. The van der Waals surface area contributed by atoms with Gasteiger partial charge in [-0.15, -0.1) is 11.7 Å². The highest BCUT2D eigenvalue weighted by Crippen LogP contribution is 2.23. The van der Waals surface area contributed by atoms with Crippen LogP contribution < -0.4 is 0 Å². The molecule has 90 valence electrons. The van der Waals surface area contributed by atoms with Crippen LogP contribution in [0.1, 0.15) is 37.4 Å². The maximum absolute atomic E-state index is 9.10. The highest BCUT2D eigenvalue weighted by molar-refractivity contribution is 5.51. The summed E-state index contributed by atoms with van der Waals surface area (Å²) in [6, 6.07) is 2.09. The number of hydrogen-bond acceptors (Lipinski definition) is 4. The Morgan fingerprint density at radius 2 is 2.35 bits per heavy atom. The minimum atomic E-state index is 0.332. The molecule has 5 heteroatoms. The van der Waals surface area contributed by atoms with E-state index in [-0.39, 0.29) is 0 Å². The number of aryl methyl sites for hydroxylation is 1. The fraction of sp³-hybridized carbons (Fsp3) is 0.500. The number of nitrogens with zero attached hydrogens (tertiary/aromatic N) is 4. The molecular weight excluding hydrogens is 214 g/mol. The van der Waals surface area contributed by atoms with Gasteiger partial charge < -0.3 is 0 Å². The third-order valence-corrected chi connectivity index (χ3v) is 2.53. The van der Waals surface area contributed by atoms with Crippen molar-refractivity contribution in [2.24, 2.45) is 5.11 Å². The van der Waals surface area contributed by atoms with Gasteiger partial charge in [0, 0.05) is 0 Å². The normalized spacial score (nSPS) is 9.88. The number of nitriles is 1. The lowest BCUT2D eigenvalue weighted by molar-refractivity contribution is 0.658. The lowest BCUT2D eigenvalue weighted by Gasteiger charge is -1.96. The Morgan fingerprint density at radius 1 is 1.59 bits per heavy atom. The zero-order valence-corrected chi connectivity index (χ0v) is 10.1. The number of hydrogen-bond donors (Lipinski definition) is 1. The maximum atomic E-state index is 9.10. The summed E-state index contributed by atoms with van der Waals surface area (Å²) in [6.07, 6.45) is 5.70. The van der Waals surface area contributed by atoms with Gasteiger partial charge >= 0.3 is 0 Å². The molecule has 0 saturated carbocycles. The van der Waals surface area contributed by atoms with Gasteiger partial charge in [-0.25, -0.2) is 10.2 Å². The number of nitrogens with one attached hydrogen (secondary N) is 1. The van der Waals surface area contributed by atoms with Crippen LogP contribution in [-0.4, -0.2) is 9.78 Å². The van der Waals surface area contributed by atoms with E-state index < -0.39 is 0 Å². The van der Waals surface area contributed by atoms with Crippen LogP contribution in [-0.2, 0) is 13.0 Å². The van der Waals surface area contributed by atoms with Gasteiger partial charge in [0.15, 0.2) is 5.82 Å². The maximum Gasteiger partial charge on any atom is 0.190 e. The van der Waals surface area contributed by atoms with Crippen molar-refractivity contribution in [1.82, 2.24) is 9.78 Å². The van der Waals surface area contributed by atoms with E-state index in [9.17, 15) is 0 Å². The molecule has 0 aliphatic rings. The summed E-state index contributed by atoms with van der Waals surface area (Å²) in [7, 11) is 0. The molecule has 0 spiro atoms. The average Bonchev–Trinajstić information content (AvgIpc) is 2.67. The molecule has 0 unspecified atom stereocenters. The number of unbranched alkanes of at least 4 members (excludes halogenated alkanes) is 2. The fourth-order valence-electron chi connectivity index (χ4n) is 1.70. The molecule has 1 aromatic rings. The molecular formula is C12H17N5. The van der Waals surface area contributed by atoms with Gasteiger partial charge in [-0.05, 0) is 12.8 Å². The van der Waals surface area contributed by atoms with Crippen LogP contribution in [0.25, 0.3) is 0 Å². The fourth-order valence-corrected chi connectivity index (χ4v) is 1.70. The van der Waals surface area contributed by atoms with Gasteiger partial charge in [0.25, 0.3) is 0 Å². The van der Waals surface area contributed by atoms with Gasteiger partial charge in [-0.1, -0.05) is 25.8 Å². The Hall–Kier alpha value is -1.96. The van der Waals surface area contributed by atoms with Crippen LogP contribution in [0.2, 0.25) is 0 Å². The molecule has 0 fully saturated rings. The van der Waals surface area contributed by atoms with Crippen LogP contribution in [0.3, 0.4) is 0 Å². The van der Waals surface area contributed by atoms with Gasteiger partial charge in [0.1, 0.15) is 11.6 Å². The van der Waals surface area contributed by atoms with Crippen molar-refractivity contribution < 1.29 is 0 Å². The lowest BCUT2D eigenvalue weighted by Crippen LogP contribution is -1.97. The third-order valence-electron chi connectivity index (χ3n) is 2.53. The second-order valence-electron chi connectivity index (χ2n) is 3.80. The summed E-state index contributed by atoms with van der Waals surface area (Å²) in [5, 5.41) is 16.8. The van der Waals surface area contributed by atoms with E-state index in [4.69, 9.17) is 10.8 Å². The Morgan fingerprint density at radius 3 is 2.88 bits per heavy atom. The smallest absolute Gasteiger partial charge is 0.190 e. The quantitative estimate of drug-likeness (QED) is 0.443. The molecule has 1 aromatic heterocycles. The van der Waals surface area contributed by atoms with Gasteiger partial charge in [-0.2, -0.15) is 10.4 Å². The molecule has 5 nitrogen and oxygen atoms in total. The summed E-state index contributed by atoms with van der Waals surface area (Å²) in [4.78, 5) is 0. The van der Waals surface area contributed by atoms with Crippen LogP contribution >= 0.6 is 0 Å². The van der Waals surface area contributed by atoms with Crippen LogP contribution in [0, 0.1) is 16.9 Å². The highest BCUT2D eigenvalue weighted by atomic mass is 15.3. The Kier molecular flexibility index (Phi) is 5.08. The summed E-state index contributed by atoms with van der Waals surface area (Å²) >= 11 is 0.